The molecule has 1 fully saturated rings. The van der Waals surface area contributed by atoms with Gasteiger partial charge in [0.15, 0.2) is 6.61 Å². The molecule has 0 radical (unpaired) electrons. The van der Waals surface area contributed by atoms with Crippen molar-refractivity contribution in [2.24, 2.45) is 0 Å². The third-order valence-electron chi connectivity index (χ3n) is 5.65. The molecule has 2 heterocycles. The van der Waals surface area contributed by atoms with Crippen LogP contribution in [0, 0.1) is 0 Å². The fraction of sp³-hybridized carbons (Fsp3) is 0.375. The van der Waals surface area contributed by atoms with Gasteiger partial charge >= 0.3 is 6.03 Å². The molecule has 1 saturated heterocycles. The Morgan fingerprint density at radius 2 is 1.94 bits per heavy atom. The predicted octanol–water partition coefficient (Wildman–Crippen LogP) is 4.58. The molecular weight excluding hydrogens is 456 g/mol. The molecule has 1 aromatic heterocycles. The lowest BCUT2D eigenvalue weighted by atomic mass is 10.1. The maximum Gasteiger partial charge on any atom is 0.322 e. The Hall–Kier alpha value is -2.78. The van der Waals surface area contributed by atoms with Crippen molar-refractivity contribution in [1.82, 2.24) is 15.2 Å². The number of urea groups is 1. The highest BCUT2D eigenvalue weighted by Crippen LogP contribution is 2.29. The van der Waals surface area contributed by atoms with E-state index in [2.05, 4.69) is 22.9 Å². The largest absolute Gasteiger partial charge is 0.484 e. The van der Waals surface area contributed by atoms with Gasteiger partial charge < -0.3 is 15.0 Å². The molecule has 1 N–H and O–H groups in total. The van der Waals surface area contributed by atoms with Gasteiger partial charge in [-0.25, -0.2) is 9.78 Å². The number of piperidine rings is 1. The van der Waals surface area contributed by atoms with Crippen molar-refractivity contribution in [3.05, 3.63) is 48.5 Å². The number of rotatable bonds is 6. The van der Waals surface area contributed by atoms with Crippen molar-refractivity contribution in [3.63, 3.8) is 0 Å². The van der Waals surface area contributed by atoms with Crippen LogP contribution in [-0.4, -0.2) is 53.6 Å². The predicted molar refractivity (Wildman–Crippen MR) is 135 cm³/mol. The van der Waals surface area contributed by atoms with Gasteiger partial charge in [-0.15, -0.1) is 24.0 Å². The number of fused-ring (bicyclic) bond motifs is 1. The third-order valence-corrected chi connectivity index (χ3v) is 6.85. The minimum atomic E-state index is -0.128. The van der Waals surface area contributed by atoms with Gasteiger partial charge in [-0.1, -0.05) is 18.2 Å². The smallest absolute Gasteiger partial charge is 0.322 e. The van der Waals surface area contributed by atoms with Crippen LogP contribution in [0.25, 0.3) is 10.2 Å². The number of thiazole rings is 1. The van der Waals surface area contributed by atoms with E-state index >= 15 is 0 Å². The summed E-state index contributed by atoms with van der Waals surface area (Å²) in [6.45, 7) is 5.21. The minimum absolute atomic E-state index is 0.0114. The Morgan fingerprint density at radius 1 is 1.21 bits per heavy atom. The molecular formula is C24H28N4O3S2. The van der Waals surface area contributed by atoms with Gasteiger partial charge in [0.25, 0.3) is 5.91 Å². The Morgan fingerprint density at radius 3 is 2.64 bits per heavy atom. The lowest BCUT2D eigenvalue weighted by Crippen LogP contribution is -2.52. The summed E-state index contributed by atoms with van der Waals surface area (Å²) in [5.74, 6) is 0.651. The van der Waals surface area contributed by atoms with Crippen LogP contribution < -0.4 is 15.0 Å². The average molecular weight is 485 g/mol. The molecule has 7 nitrogen and oxygen atoms in total. The summed E-state index contributed by atoms with van der Waals surface area (Å²) >= 11 is 5.82. The topological polar surface area (TPSA) is 74.8 Å². The quantitative estimate of drug-likeness (QED) is 0.502. The fourth-order valence-electron chi connectivity index (χ4n) is 3.97. The molecule has 0 unspecified atom stereocenters. The van der Waals surface area contributed by atoms with Crippen molar-refractivity contribution in [2.45, 2.75) is 43.1 Å². The van der Waals surface area contributed by atoms with Crippen molar-refractivity contribution < 1.29 is 14.3 Å². The maximum absolute atomic E-state index is 13.2. The zero-order valence-electron chi connectivity index (χ0n) is 18.7. The number of carbonyl (C=O) groups excluding carboxylic acids is 2. The number of anilines is 1. The van der Waals surface area contributed by atoms with Crippen molar-refractivity contribution in [2.75, 3.05) is 24.6 Å². The molecule has 1 aliphatic heterocycles. The summed E-state index contributed by atoms with van der Waals surface area (Å²) in [5.41, 5.74) is 1.71. The van der Waals surface area contributed by atoms with E-state index in [9.17, 15) is 9.59 Å². The van der Waals surface area contributed by atoms with Crippen LogP contribution in [0.4, 0.5) is 10.5 Å². The van der Waals surface area contributed by atoms with E-state index in [1.165, 1.54) is 11.3 Å². The molecule has 3 amide bonds. The Balaban J connectivity index is 1.31. The first-order chi connectivity index (χ1) is 15.9. The van der Waals surface area contributed by atoms with Crippen molar-refractivity contribution in [3.8, 4) is 5.75 Å². The highest BCUT2D eigenvalue weighted by molar-refractivity contribution is 7.82. The number of hydrogen-bond donors (Lipinski definition) is 2. The molecule has 9 heteroatoms. The number of hydrogen-bond acceptors (Lipinski definition) is 6. The number of carbonyl (C=O) groups is 2. The standard InChI is InChI=1S/C24H28N4O3S2/c1-16(2)28(18-8-9-20-21(14-18)33-24(32)26-20)23(30)25-17-10-12-27(13-11-17)22(29)15-31-19-6-4-3-5-7-19/h3-9,14,16-17H,10-13,15H2,1-2H3,(H,25,30)(H,26,32). The highest BCUT2D eigenvalue weighted by atomic mass is 32.2. The van der Waals surface area contributed by atoms with Crippen LogP contribution in [0.5, 0.6) is 5.75 Å². The zero-order chi connectivity index (χ0) is 23.4. The zero-order valence-corrected chi connectivity index (χ0v) is 20.4. The summed E-state index contributed by atoms with van der Waals surface area (Å²) in [6.07, 6.45) is 1.43. The summed E-state index contributed by atoms with van der Waals surface area (Å²) in [7, 11) is 0. The molecule has 0 saturated carbocycles. The average Bonchev–Trinajstić information content (AvgIpc) is 3.18. The molecule has 2 aromatic carbocycles. The van der Waals surface area contributed by atoms with Crippen LogP contribution in [0.2, 0.25) is 0 Å². The highest BCUT2D eigenvalue weighted by Gasteiger charge is 2.27. The molecule has 174 valence electrons. The second-order valence-corrected chi connectivity index (χ2v) is 10.1. The number of benzene rings is 2. The SMILES string of the molecule is CC(C)N(C(=O)NC1CCN(C(=O)COc2ccccc2)CC1)c1ccc2nc(S)sc2c1. The molecule has 0 bridgehead atoms. The molecule has 3 aromatic rings. The summed E-state index contributed by atoms with van der Waals surface area (Å²) in [6, 6.07) is 15.0. The van der Waals surface area contributed by atoms with Crippen molar-refractivity contribution >= 4 is 51.8 Å². The molecule has 1 aliphatic rings. The minimum Gasteiger partial charge on any atom is -0.484 e. The molecule has 0 spiro atoms. The van der Waals surface area contributed by atoms with Gasteiger partial charge in [0, 0.05) is 30.9 Å². The molecule has 0 aliphatic carbocycles. The van der Waals surface area contributed by atoms with Crippen molar-refractivity contribution in [1.29, 1.82) is 0 Å². The maximum atomic E-state index is 13.2. The van der Waals surface area contributed by atoms with E-state index < -0.39 is 0 Å². The molecule has 0 atom stereocenters. The number of nitrogens with one attached hydrogen (secondary N) is 1. The summed E-state index contributed by atoms with van der Waals surface area (Å²) < 4.78 is 7.28. The third kappa shape index (κ3) is 5.78. The number of thiol groups is 1. The van der Waals surface area contributed by atoms with Gasteiger partial charge in [0.2, 0.25) is 0 Å². The first-order valence-electron chi connectivity index (χ1n) is 11.1. The lowest BCUT2D eigenvalue weighted by Gasteiger charge is -2.34. The molecule has 4 rings (SSSR count). The Kier molecular flexibility index (Phi) is 7.39. The number of amides is 3. The number of aromatic nitrogens is 1. The van der Waals surface area contributed by atoms with E-state index in [-0.39, 0.29) is 30.6 Å². The van der Waals surface area contributed by atoms with Crippen LogP contribution in [0.15, 0.2) is 52.9 Å². The van der Waals surface area contributed by atoms with E-state index in [0.717, 1.165) is 15.9 Å². The lowest BCUT2D eigenvalue weighted by molar-refractivity contribution is -0.134. The Labute approximate surface area is 203 Å². The normalized spacial score (nSPS) is 14.5. The first-order valence-corrected chi connectivity index (χ1v) is 12.3. The molecule has 33 heavy (non-hydrogen) atoms. The number of para-hydroxylation sites is 1. The first kappa shape index (κ1) is 23.4. The van der Waals surface area contributed by atoms with E-state index in [0.29, 0.717) is 36.0 Å². The van der Waals surface area contributed by atoms with Crippen LogP contribution >= 0.6 is 24.0 Å². The number of nitrogens with zero attached hydrogens (tertiary/aromatic N) is 3. The monoisotopic (exact) mass is 484 g/mol. The van der Waals surface area contributed by atoms with Crippen LogP contribution in [0.1, 0.15) is 26.7 Å². The number of likely N-dealkylation sites (tertiary alicyclic amines) is 1. The van der Waals surface area contributed by atoms with E-state index in [1.807, 2.05) is 62.4 Å². The Bertz CT molecular complexity index is 1110. The second kappa shape index (κ2) is 10.4. The van der Waals surface area contributed by atoms with Crippen LogP contribution in [-0.2, 0) is 4.79 Å². The van der Waals surface area contributed by atoms with Gasteiger partial charge in [-0.05, 0) is 57.0 Å². The van der Waals surface area contributed by atoms with Gasteiger partial charge in [0.05, 0.1) is 10.2 Å². The van der Waals surface area contributed by atoms with Gasteiger partial charge in [0.1, 0.15) is 10.1 Å². The summed E-state index contributed by atoms with van der Waals surface area (Å²) in [5, 5.41) is 3.16. The van der Waals surface area contributed by atoms with Gasteiger partial charge in [-0.2, -0.15) is 0 Å². The van der Waals surface area contributed by atoms with E-state index in [1.54, 1.807) is 9.80 Å². The van der Waals surface area contributed by atoms with E-state index in [4.69, 9.17) is 4.74 Å². The fourth-order valence-corrected chi connectivity index (χ4v) is 5.11. The second-order valence-electron chi connectivity index (χ2n) is 8.32. The van der Waals surface area contributed by atoms with Crippen LogP contribution in [0.3, 0.4) is 0 Å². The number of ether oxygens (including phenoxy) is 1. The van der Waals surface area contributed by atoms with Gasteiger partial charge in [-0.3, -0.25) is 9.69 Å². The summed E-state index contributed by atoms with van der Waals surface area (Å²) in [4.78, 5) is 33.6.